The number of aldehydes is 1. The van der Waals surface area contributed by atoms with Gasteiger partial charge < -0.3 is 93.8 Å². The largest absolute Gasteiger partial charge is 1.00 e. The minimum absolute atomic E-state index is 0. The molecule has 132 heavy (non-hydrogen) atoms. The first-order chi connectivity index (χ1) is 62.1. The second kappa shape index (κ2) is 57.4. The number of nitrogens with one attached hydrogen (secondary N) is 5. The van der Waals surface area contributed by atoms with Crippen molar-refractivity contribution in [2.75, 3.05) is 91.0 Å². The van der Waals surface area contributed by atoms with Crippen LogP contribution in [0.3, 0.4) is 0 Å². The number of carbonyl (C=O) groups excluding carboxylic acids is 11. The van der Waals surface area contributed by atoms with Crippen molar-refractivity contribution >= 4 is 77.3 Å². The predicted molar refractivity (Wildman–Crippen MR) is 478 cm³/mol. The summed E-state index contributed by atoms with van der Waals surface area (Å²) in [5.74, 6) is -3.74. The number of ether oxygens (including phenoxy) is 11. The number of ketones is 1. The van der Waals surface area contributed by atoms with Crippen molar-refractivity contribution < 1.29 is 152 Å². The van der Waals surface area contributed by atoms with Crippen LogP contribution in [0.4, 0.5) is 23.7 Å². The van der Waals surface area contributed by atoms with Crippen molar-refractivity contribution in [2.24, 2.45) is 28.1 Å². The van der Waals surface area contributed by atoms with E-state index >= 15 is 0 Å². The molecule has 2 saturated heterocycles. The zero-order valence-corrected chi connectivity index (χ0v) is 79.4. The molecule has 10 rings (SSSR count). The molecule has 0 unspecified atom stereocenters. The van der Waals surface area contributed by atoms with E-state index in [1.807, 2.05) is 67.5 Å². The van der Waals surface area contributed by atoms with E-state index in [1.54, 1.807) is 107 Å². The predicted octanol–water partition coefficient (Wildman–Crippen LogP) is 11.7. The zero-order valence-electron chi connectivity index (χ0n) is 79.4. The molecule has 35 heteroatoms. The smallest absolute Gasteiger partial charge is 0.614 e. The van der Waals surface area contributed by atoms with Gasteiger partial charge in [0, 0.05) is 117 Å². The van der Waals surface area contributed by atoms with Gasteiger partial charge in [0.2, 0.25) is 0 Å². The summed E-state index contributed by atoms with van der Waals surface area (Å²) in [7, 11) is 0. The van der Waals surface area contributed by atoms with Gasteiger partial charge in [-0.15, -0.1) is 13.2 Å². The summed E-state index contributed by atoms with van der Waals surface area (Å²) in [6.45, 7) is 32.1. The van der Waals surface area contributed by atoms with Gasteiger partial charge >= 0.3 is 67.1 Å². The Hall–Kier alpha value is -10.2. The number of alkyl halides is 3. The molecule has 4 aliphatic carbocycles. The summed E-state index contributed by atoms with van der Waals surface area (Å²) in [5, 5.41) is 33.5. The summed E-state index contributed by atoms with van der Waals surface area (Å²) >= 11 is 0. The van der Waals surface area contributed by atoms with Crippen LogP contribution in [0.15, 0.2) is 120 Å². The number of nitrogens with zero attached hydrogens (tertiary/aromatic N) is 1. The fourth-order valence-electron chi connectivity index (χ4n) is 15.3. The van der Waals surface area contributed by atoms with Gasteiger partial charge in [0.15, 0.2) is 11.6 Å². The SMILES string of the molecule is CCOC(=O)C(C)(C)C1=CCC2(CC1)OCCO2.CCOC(=O)C(C)(C)C1CCC(N(Cc2ccc(C(=O)NCCC(=O)O)cc2)C(=O)Nc2ccc(OC(F)(F)F)cc2)CC1.CCOC(=O)CCNC(=O)c1ccc(C=O)cc1.CCOC(=O)CCNC(=O)c1ccc(CNC2CCC(C(C)(C)C(=O)OCC)CC2)cc1.CCOC([O-])=C(C)C.O=C1CCC2(CC1)OCCO2.[Li+]. The normalized spacial score (nSPS) is 17.6. The van der Waals surface area contributed by atoms with Crippen molar-refractivity contribution in [1.29, 1.82) is 0 Å². The number of carboxylic acids is 1. The van der Waals surface area contributed by atoms with E-state index in [0.29, 0.717) is 150 Å². The van der Waals surface area contributed by atoms with Gasteiger partial charge in [-0.1, -0.05) is 60.5 Å². The van der Waals surface area contributed by atoms with Crippen LogP contribution in [0.1, 0.15) is 265 Å². The Morgan fingerprint density at radius 3 is 1.33 bits per heavy atom. The summed E-state index contributed by atoms with van der Waals surface area (Å²) < 4.78 is 93.6. The Balaban J connectivity index is 0.000000360. The van der Waals surface area contributed by atoms with Gasteiger partial charge in [-0.05, 0) is 238 Å². The van der Waals surface area contributed by atoms with Gasteiger partial charge in [0.25, 0.3) is 17.7 Å². The first kappa shape index (κ1) is 114. The van der Waals surface area contributed by atoms with E-state index in [1.165, 1.54) is 12.1 Å². The van der Waals surface area contributed by atoms with E-state index in [4.69, 9.17) is 47.7 Å². The molecule has 5 fully saturated rings. The monoisotopic (exact) mass is 1850 g/mol. The van der Waals surface area contributed by atoms with Crippen LogP contribution >= 0.6 is 0 Å². The number of rotatable bonds is 34. The Kier molecular flexibility index (Phi) is 49.6. The maximum atomic E-state index is 13.6. The van der Waals surface area contributed by atoms with Crippen LogP contribution in [-0.4, -0.2) is 197 Å². The van der Waals surface area contributed by atoms with Crippen LogP contribution in [0.2, 0.25) is 0 Å². The number of anilines is 1. The number of carbonyl (C=O) groups is 12. The zero-order chi connectivity index (χ0) is 97.0. The molecule has 0 bridgehead atoms. The van der Waals surface area contributed by atoms with Crippen LogP contribution in [-0.2, 0) is 94.0 Å². The van der Waals surface area contributed by atoms with Gasteiger partial charge in [0.1, 0.15) is 17.8 Å². The molecule has 31 nitrogen and oxygen atoms in total. The number of urea groups is 1. The maximum absolute atomic E-state index is 13.6. The van der Waals surface area contributed by atoms with Crippen LogP contribution in [0, 0.1) is 28.1 Å². The topological polar surface area (TPSA) is 413 Å². The molecule has 0 radical (unpaired) electrons. The molecule has 3 saturated carbocycles. The van der Waals surface area contributed by atoms with E-state index in [0.717, 1.165) is 93.2 Å². The van der Waals surface area contributed by atoms with Crippen LogP contribution in [0.25, 0.3) is 0 Å². The minimum atomic E-state index is -4.84. The summed E-state index contributed by atoms with van der Waals surface area (Å²) in [5.41, 5.74) is 4.14. The molecule has 0 aromatic heterocycles. The molecule has 4 aromatic rings. The maximum Gasteiger partial charge on any atom is 1.00 e. The fourth-order valence-corrected chi connectivity index (χ4v) is 15.3. The number of allylic oxidation sites excluding steroid dienone is 1. The summed E-state index contributed by atoms with van der Waals surface area (Å²) in [6.07, 6.45) is 9.89. The van der Waals surface area contributed by atoms with E-state index in [9.17, 15) is 75.8 Å². The fraction of sp³-hybridized carbons (Fsp3) is 0.588. The summed E-state index contributed by atoms with van der Waals surface area (Å²) in [4.78, 5) is 143. The number of amides is 5. The molecule has 0 atom stereocenters. The number of halogens is 3. The van der Waals surface area contributed by atoms with Gasteiger partial charge in [-0.2, -0.15) is 0 Å². The van der Waals surface area contributed by atoms with Gasteiger partial charge in [-0.25, -0.2) is 4.79 Å². The average Bonchev–Trinajstić information content (AvgIpc) is 1.42. The quantitative estimate of drug-likeness (QED) is 0.00632. The van der Waals surface area contributed by atoms with E-state index < -0.39 is 52.1 Å². The first-order valence-corrected chi connectivity index (χ1v) is 45.2. The number of esters is 5. The average molecular weight is 1850 g/mol. The van der Waals surface area contributed by atoms with E-state index in [-0.39, 0.29) is 142 Å². The second-order valence-electron chi connectivity index (χ2n) is 33.9. The molecule has 2 spiro atoms. The van der Waals surface area contributed by atoms with Crippen molar-refractivity contribution in [3.05, 3.63) is 154 Å². The van der Waals surface area contributed by atoms with Crippen molar-refractivity contribution in [3.63, 3.8) is 0 Å². The molecule has 5 amide bonds. The first-order valence-electron chi connectivity index (χ1n) is 45.2. The minimum Gasteiger partial charge on any atom is -0.614 e. The Labute approximate surface area is 785 Å². The van der Waals surface area contributed by atoms with Crippen molar-refractivity contribution in [2.45, 2.75) is 256 Å². The Bertz CT molecular complexity index is 4350. The molecule has 4 aromatic carbocycles. The molecule has 726 valence electrons. The molecule has 2 aliphatic heterocycles. The van der Waals surface area contributed by atoms with Crippen LogP contribution < -0.4 is 55.3 Å². The number of Topliss-reactive ketones (excluding diaryl/α,β-unsaturated/α-hetero) is 1. The third-order valence-corrected chi connectivity index (χ3v) is 23.2. The van der Waals surface area contributed by atoms with Crippen LogP contribution in [0.5, 0.6) is 5.75 Å². The number of hydrogen-bond donors (Lipinski definition) is 6. The molecular weight excluding hydrogens is 1710 g/mol. The van der Waals surface area contributed by atoms with Gasteiger partial charge in [-0.3, -0.25) is 52.7 Å². The number of carboxylic acid groups (broad SMARTS) is 1. The number of aliphatic carboxylic acids is 1. The molecular formula is C97H136F3LiN6O25. The summed E-state index contributed by atoms with van der Waals surface area (Å²) in [6, 6.07) is 24.9. The standard InChI is InChI=1S/C31H38F3N3O7.C25H38N2O5.C14H22O4.C13H15NO4.C8H12O3.C6H12O2.Li/c1-4-43-28(41)30(2,3)22-9-13-24(14-10-22)37(29(42)36-23-11-15-25(16-12-23)44-31(32,33)34)19-20-5-7-21(8-6-20)27(40)35-18-17-26(38)39;1-5-31-22(28)15-16-26-23(29)19-9-7-18(8-10-19)17-27-21-13-11-20(12-14-21)25(3,4)24(30)32-6-2;1-4-16-12(15)13(2,3)11-5-7-14(8-6-11)17-9-10-18-14;1-2-18-12(16)7-8-14-13(17)11-5-3-10(9-15)4-6-11;9-7-1-3-8(4-2-7)10-5-6-11-8;1-4-8-6(7)5(2)3;/h5-8,11-12,15-16,22,24H,4,9-10,13-14,17-19H2,1-3H3,(H,35,40)(H,36,42)(H,38,39);7-10,20-21,27H,5-6,11-17H2,1-4H3,(H,26,29);5H,4,6-10H2,1-3H3;3-6,9H,2,7-8H2,1H3,(H,14,17);1-6H2;7H,4H2,1-3H3;/q;;;;;;+1/p-1. The molecule has 6 aliphatic rings. The third-order valence-electron chi connectivity index (χ3n) is 23.2. The van der Waals surface area contributed by atoms with E-state index in [2.05, 4.69) is 42.1 Å². The molecule has 2 heterocycles. The van der Waals surface area contributed by atoms with Gasteiger partial charge in [0.05, 0.1) is 95.0 Å². The number of hydrogen-bond acceptors (Lipinski definition) is 25. The Morgan fingerprint density at radius 1 is 0.523 bits per heavy atom. The third kappa shape index (κ3) is 39.1. The van der Waals surface area contributed by atoms with Crippen molar-refractivity contribution in [3.8, 4) is 5.75 Å². The molecule has 6 N–H and O–H groups in total. The second-order valence-corrected chi connectivity index (χ2v) is 33.9. The number of benzene rings is 4. The Morgan fingerprint density at radius 2 is 0.932 bits per heavy atom. The van der Waals surface area contributed by atoms with Crippen molar-refractivity contribution in [1.82, 2.24) is 26.2 Å².